The second-order valence-electron chi connectivity index (χ2n) is 3.63. The first kappa shape index (κ1) is 25.1. The summed E-state index contributed by atoms with van der Waals surface area (Å²) in [5.41, 5.74) is 0. The van der Waals surface area contributed by atoms with Gasteiger partial charge in [-0.15, -0.1) is 12.4 Å². The quantitative estimate of drug-likeness (QED) is 0.490. The molecule has 0 aromatic rings. The molecule has 118 valence electrons. The molecule has 0 aromatic heterocycles. The Hall–Kier alpha value is 0.130. The van der Waals surface area contributed by atoms with Gasteiger partial charge in [-0.3, -0.25) is 19.2 Å². The van der Waals surface area contributed by atoms with E-state index in [9.17, 15) is 19.2 Å². The third kappa shape index (κ3) is 14.5. The zero-order valence-electron chi connectivity index (χ0n) is 10.8. The van der Waals surface area contributed by atoms with Gasteiger partial charge in [-0.05, 0) is 66.2 Å². The van der Waals surface area contributed by atoms with Crippen molar-refractivity contribution < 1.29 is 19.2 Å². The summed E-state index contributed by atoms with van der Waals surface area (Å²) in [7, 11) is 0. The van der Waals surface area contributed by atoms with Gasteiger partial charge in [0.05, 0.1) is 0 Å². The molecule has 1 atom stereocenters. The number of halogens is 5. The lowest BCUT2D eigenvalue weighted by atomic mass is 10.0. The first-order chi connectivity index (χ1) is 8.63. The van der Waals surface area contributed by atoms with Crippen LogP contribution in [0, 0.1) is 11.8 Å². The summed E-state index contributed by atoms with van der Waals surface area (Å²) in [5, 5.41) is -2.23. The molecule has 4 nitrogen and oxygen atoms in total. The van der Waals surface area contributed by atoms with E-state index < -0.39 is 21.6 Å². The predicted octanol–water partition coefficient (Wildman–Crippen LogP) is 3.90. The van der Waals surface area contributed by atoms with Gasteiger partial charge in [0, 0.05) is 12.3 Å². The van der Waals surface area contributed by atoms with Crippen molar-refractivity contribution in [2.45, 2.75) is 33.1 Å². The molecule has 0 bridgehead atoms. The molecule has 0 aliphatic heterocycles. The molecule has 0 spiro atoms. The largest absolute Gasteiger partial charge is 0.281 e. The van der Waals surface area contributed by atoms with Crippen LogP contribution in [0.4, 0.5) is 0 Å². The first-order valence-corrected chi connectivity index (χ1v) is 6.90. The number of hydrogen-bond acceptors (Lipinski definition) is 4. The predicted molar refractivity (Wildman–Crippen MR) is 82.9 cm³/mol. The second kappa shape index (κ2) is 14.1. The Kier molecular flexibility index (Phi) is 17.7. The van der Waals surface area contributed by atoms with Crippen molar-refractivity contribution in [3.8, 4) is 0 Å². The highest BCUT2D eigenvalue weighted by Crippen LogP contribution is 2.14. The topological polar surface area (TPSA) is 68.3 Å². The summed E-state index contributed by atoms with van der Waals surface area (Å²) in [6.45, 7) is 3.20. The molecule has 1 unspecified atom stereocenters. The summed E-state index contributed by atoms with van der Waals surface area (Å²) >= 11 is 20.1. The van der Waals surface area contributed by atoms with E-state index in [1.54, 1.807) is 0 Å². The Labute approximate surface area is 143 Å². The number of hydrogen-bond donors (Lipinski definition) is 0. The van der Waals surface area contributed by atoms with Crippen molar-refractivity contribution in [2.75, 3.05) is 0 Å². The van der Waals surface area contributed by atoms with Crippen molar-refractivity contribution in [2.24, 2.45) is 11.8 Å². The molecule has 0 N–H and O–H groups in total. The zero-order chi connectivity index (χ0) is 15.6. The van der Waals surface area contributed by atoms with Gasteiger partial charge < -0.3 is 0 Å². The Morgan fingerprint density at radius 1 is 0.900 bits per heavy atom. The second-order valence-corrected chi connectivity index (χ2v) is 5.17. The lowest BCUT2D eigenvalue weighted by Crippen LogP contribution is -2.10. The molecule has 0 aromatic carbocycles. The van der Waals surface area contributed by atoms with Crippen LogP contribution < -0.4 is 0 Å². The molecule has 20 heavy (non-hydrogen) atoms. The highest BCUT2D eigenvalue weighted by atomic mass is 35.5. The van der Waals surface area contributed by atoms with E-state index in [1.165, 1.54) is 6.92 Å². The maximum absolute atomic E-state index is 10.6. The van der Waals surface area contributed by atoms with E-state index >= 15 is 0 Å². The highest BCUT2D eigenvalue weighted by Gasteiger charge is 2.16. The van der Waals surface area contributed by atoms with Gasteiger partial charge in [-0.1, -0.05) is 6.92 Å². The van der Waals surface area contributed by atoms with Crippen LogP contribution in [0.1, 0.15) is 33.1 Å². The fourth-order valence-electron chi connectivity index (χ4n) is 0.855. The Balaban J connectivity index is -0.000000288. The van der Waals surface area contributed by atoms with E-state index in [2.05, 4.69) is 0 Å². The minimum absolute atomic E-state index is 0. The molecule has 0 fully saturated rings. The van der Waals surface area contributed by atoms with Crippen LogP contribution in [0.2, 0.25) is 0 Å². The van der Waals surface area contributed by atoms with Crippen LogP contribution in [-0.4, -0.2) is 21.0 Å². The SMILES string of the molecule is CC(C(=O)Cl)C(=O)Cl.CCC(CCC(=O)Cl)C(=O)Cl.Cl. The lowest BCUT2D eigenvalue weighted by Gasteiger charge is -2.06. The van der Waals surface area contributed by atoms with Crippen LogP contribution in [0.3, 0.4) is 0 Å². The average Bonchev–Trinajstić information content (AvgIpc) is 2.28. The minimum Gasteiger partial charge on any atom is -0.281 e. The summed E-state index contributed by atoms with van der Waals surface area (Å²) in [5.74, 6) is -1.10. The standard InChI is InChI=1S/C7H10Cl2O2.C4H4Cl2O2.ClH/c1-2-5(7(9)11)3-4-6(8)10;1-2(3(5)7)4(6)8;/h5H,2-4H2,1H3;2H,1H3;1H. The molecular formula is C11H15Cl5O4. The first-order valence-electron chi connectivity index (χ1n) is 5.39. The third-order valence-electron chi connectivity index (χ3n) is 2.18. The van der Waals surface area contributed by atoms with Crippen LogP contribution in [0.15, 0.2) is 0 Å². The van der Waals surface area contributed by atoms with E-state index in [1.807, 2.05) is 6.92 Å². The third-order valence-corrected chi connectivity index (χ3v) is 3.34. The van der Waals surface area contributed by atoms with Crippen molar-refractivity contribution >= 4 is 79.8 Å². The minimum atomic E-state index is -0.877. The number of rotatable bonds is 7. The Bertz CT molecular complexity index is 332. The van der Waals surface area contributed by atoms with E-state index in [0.717, 1.165) is 0 Å². The van der Waals surface area contributed by atoms with Crippen molar-refractivity contribution in [1.82, 2.24) is 0 Å². The number of carbonyl (C=O) groups is 4. The van der Waals surface area contributed by atoms with Crippen LogP contribution >= 0.6 is 58.8 Å². The van der Waals surface area contributed by atoms with E-state index in [0.29, 0.717) is 12.8 Å². The van der Waals surface area contributed by atoms with Gasteiger partial charge in [0.2, 0.25) is 21.0 Å². The zero-order valence-corrected chi connectivity index (χ0v) is 14.7. The molecule has 0 heterocycles. The van der Waals surface area contributed by atoms with Crippen molar-refractivity contribution in [3.05, 3.63) is 0 Å². The average molecular weight is 389 g/mol. The Morgan fingerprint density at radius 3 is 1.45 bits per heavy atom. The molecule has 0 aliphatic rings. The van der Waals surface area contributed by atoms with Crippen LogP contribution in [0.5, 0.6) is 0 Å². The van der Waals surface area contributed by atoms with E-state index in [4.69, 9.17) is 46.4 Å². The normalized spacial score (nSPS) is 10.8. The molecule has 0 amide bonds. The monoisotopic (exact) mass is 386 g/mol. The molecule has 0 aliphatic carbocycles. The van der Waals surface area contributed by atoms with Gasteiger partial charge in [-0.25, -0.2) is 0 Å². The van der Waals surface area contributed by atoms with Gasteiger partial charge >= 0.3 is 0 Å². The maximum atomic E-state index is 10.6. The highest BCUT2D eigenvalue weighted by molar-refractivity contribution is 6.73. The van der Waals surface area contributed by atoms with Crippen molar-refractivity contribution in [1.29, 1.82) is 0 Å². The van der Waals surface area contributed by atoms with Gasteiger partial charge in [-0.2, -0.15) is 0 Å². The van der Waals surface area contributed by atoms with Gasteiger partial charge in [0.15, 0.2) is 0 Å². The molecular weight excluding hydrogens is 373 g/mol. The summed E-state index contributed by atoms with van der Waals surface area (Å²) in [6.07, 6.45) is 1.34. The smallest absolute Gasteiger partial charge is 0.233 e. The fraction of sp³-hybridized carbons (Fsp3) is 0.636. The van der Waals surface area contributed by atoms with E-state index in [-0.39, 0.29) is 30.0 Å². The molecule has 0 saturated heterocycles. The van der Waals surface area contributed by atoms with Gasteiger partial charge in [0.25, 0.3) is 0 Å². The summed E-state index contributed by atoms with van der Waals surface area (Å²) < 4.78 is 0. The molecule has 0 rings (SSSR count). The van der Waals surface area contributed by atoms with Crippen LogP contribution in [-0.2, 0) is 19.2 Å². The molecule has 0 radical (unpaired) electrons. The van der Waals surface area contributed by atoms with Crippen LogP contribution in [0.25, 0.3) is 0 Å². The molecule has 0 saturated carbocycles. The number of carbonyl (C=O) groups excluding carboxylic acids is 4. The fourth-order valence-corrected chi connectivity index (χ4v) is 1.48. The maximum Gasteiger partial charge on any atom is 0.233 e. The van der Waals surface area contributed by atoms with Crippen molar-refractivity contribution in [3.63, 3.8) is 0 Å². The summed E-state index contributed by atoms with van der Waals surface area (Å²) in [6, 6.07) is 0. The van der Waals surface area contributed by atoms with Gasteiger partial charge in [0.1, 0.15) is 5.92 Å². The molecule has 9 heteroatoms. The summed E-state index contributed by atoms with van der Waals surface area (Å²) in [4.78, 5) is 41.0. The lowest BCUT2D eigenvalue weighted by molar-refractivity contribution is -0.123. The Morgan fingerprint density at radius 2 is 1.30 bits per heavy atom.